The van der Waals surface area contributed by atoms with Gasteiger partial charge in [-0.3, -0.25) is 19.7 Å². The fraction of sp³-hybridized carbons (Fsp3) is 0.182. The molecule has 1 aromatic heterocycles. The lowest BCUT2D eigenvalue weighted by Gasteiger charge is -2.18. The Morgan fingerprint density at radius 2 is 1.91 bits per heavy atom. The second kappa shape index (κ2) is 10.5. The van der Waals surface area contributed by atoms with Crippen molar-refractivity contribution in [3.05, 3.63) is 97.4 Å². The second-order valence-electron chi connectivity index (χ2n) is 6.89. The number of esters is 1. The fourth-order valence-electron chi connectivity index (χ4n) is 2.92. The van der Waals surface area contributed by atoms with Crippen LogP contribution in [-0.2, 0) is 16.1 Å². The zero-order chi connectivity index (χ0) is 24.0. The molecule has 1 atom stereocenters. The summed E-state index contributed by atoms with van der Waals surface area (Å²) in [7, 11) is 0. The van der Waals surface area contributed by atoms with Crippen LogP contribution in [0, 0.1) is 10.1 Å². The molecule has 0 saturated heterocycles. The number of anilines is 1. The van der Waals surface area contributed by atoms with Gasteiger partial charge in [0.2, 0.25) is 6.10 Å². The predicted molar refractivity (Wildman–Crippen MR) is 120 cm³/mol. The van der Waals surface area contributed by atoms with Crippen LogP contribution in [-0.4, -0.2) is 26.6 Å². The summed E-state index contributed by atoms with van der Waals surface area (Å²) in [5.74, 6) is -1.63. The van der Waals surface area contributed by atoms with Gasteiger partial charge in [0.1, 0.15) is 0 Å². The number of halogens is 1. The van der Waals surface area contributed by atoms with Crippen LogP contribution < -0.4 is 10.9 Å². The molecule has 0 aliphatic rings. The number of ether oxygens (including phenoxy) is 1. The summed E-state index contributed by atoms with van der Waals surface area (Å²) in [6.45, 7) is 2.18. The van der Waals surface area contributed by atoms with E-state index >= 15 is 0 Å². The average molecular weight is 471 g/mol. The van der Waals surface area contributed by atoms with Gasteiger partial charge in [0.25, 0.3) is 17.2 Å². The Labute approximate surface area is 192 Å². The van der Waals surface area contributed by atoms with E-state index in [1.54, 1.807) is 30.3 Å². The summed E-state index contributed by atoms with van der Waals surface area (Å²) < 4.78 is 6.59. The highest BCUT2D eigenvalue weighted by molar-refractivity contribution is 6.34. The quantitative estimate of drug-likeness (QED) is 0.301. The molecule has 1 N–H and O–H groups in total. The minimum absolute atomic E-state index is 0.0519. The summed E-state index contributed by atoms with van der Waals surface area (Å²) in [4.78, 5) is 47.9. The molecule has 1 unspecified atom stereocenters. The number of carbonyl (C=O) groups excluding carboxylic acids is 2. The molecule has 10 nitrogen and oxygen atoms in total. The van der Waals surface area contributed by atoms with E-state index in [1.165, 1.54) is 24.3 Å². The molecule has 0 aliphatic carbocycles. The van der Waals surface area contributed by atoms with E-state index < -0.39 is 22.9 Å². The minimum atomic E-state index is -1.38. The van der Waals surface area contributed by atoms with Gasteiger partial charge in [-0.1, -0.05) is 48.9 Å². The number of nitro groups is 1. The fourth-order valence-corrected chi connectivity index (χ4v) is 3.14. The van der Waals surface area contributed by atoms with Crippen LogP contribution in [0.1, 0.15) is 35.5 Å². The smallest absolute Gasteiger partial charge is 0.359 e. The van der Waals surface area contributed by atoms with E-state index in [-0.39, 0.29) is 27.7 Å². The van der Waals surface area contributed by atoms with Crippen molar-refractivity contribution in [3.63, 3.8) is 0 Å². The highest BCUT2D eigenvalue weighted by Crippen LogP contribution is 2.28. The molecule has 2 aromatic carbocycles. The van der Waals surface area contributed by atoms with Gasteiger partial charge in [0.15, 0.2) is 5.69 Å². The van der Waals surface area contributed by atoms with Gasteiger partial charge in [-0.25, -0.2) is 9.48 Å². The predicted octanol–water partition coefficient (Wildman–Crippen LogP) is 3.75. The lowest BCUT2D eigenvalue weighted by Crippen LogP contribution is -2.28. The number of amides is 1. The molecular weight excluding hydrogens is 452 g/mol. The van der Waals surface area contributed by atoms with Crippen molar-refractivity contribution in [2.24, 2.45) is 0 Å². The number of aromatic nitrogens is 2. The number of nitro benzene ring substituents is 1. The van der Waals surface area contributed by atoms with Gasteiger partial charge in [0, 0.05) is 30.3 Å². The normalized spacial score (nSPS) is 11.5. The van der Waals surface area contributed by atoms with Crippen molar-refractivity contribution in [2.75, 3.05) is 5.32 Å². The number of hydrogen-bond acceptors (Lipinski definition) is 7. The number of non-ortho nitro benzene ring substituents is 1. The Morgan fingerprint density at radius 3 is 2.55 bits per heavy atom. The van der Waals surface area contributed by atoms with Gasteiger partial charge < -0.3 is 10.1 Å². The molecule has 11 heteroatoms. The topological polar surface area (TPSA) is 133 Å². The third-order valence-electron chi connectivity index (χ3n) is 4.50. The van der Waals surface area contributed by atoms with Crippen LogP contribution in [0.15, 0.2) is 65.5 Å². The number of carbonyl (C=O) groups is 2. The lowest BCUT2D eigenvalue weighted by molar-refractivity contribution is -0.384. The monoisotopic (exact) mass is 470 g/mol. The maximum atomic E-state index is 13.0. The van der Waals surface area contributed by atoms with E-state index in [0.717, 1.165) is 10.7 Å². The maximum Gasteiger partial charge on any atom is 0.359 e. The maximum absolute atomic E-state index is 13.0. The zero-order valence-corrected chi connectivity index (χ0v) is 18.2. The van der Waals surface area contributed by atoms with E-state index in [0.29, 0.717) is 18.5 Å². The number of nitrogens with zero attached hydrogens (tertiary/aromatic N) is 3. The molecule has 3 aromatic rings. The molecule has 3 rings (SSSR count). The van der Waals surface area contributed by atoms with Gasteiger partial charge >= 0.3 is 5.97 Å². The van der Waals surface area contributed by atoms with Crippen molar-refractivity contribution in [1.29, 1.82) is 0 Å². The number of nitrogens with one attached hydrogen (secondary N) is 1. The molecular formula is C22H19ClN4O6. The first kappa shape index (κ1) is 23.6. The molecule has 0 aliphatic heterocycles. The summed E-state index contributed by atoms with van der Waals surface area (Å²) in [5, 5.41) is 17.4. The van der Waals surface area contributed by atoms with Crippen LogP contribution in [0.2, 0.25) is 5.02 Å². The van der Waals surface area contributed by atoms with Crippen LogP contribution in [0.25, 0.3) is 0 Å². The van der Waals surface area contributed by atoms with Crippen molar-refractivity contribution >= 4 is 34.9 Å². The first-order chi connectivity index (χ1) is 15.8. The second-order valence-corrected chi connectivity index (χ2v) is 7.29. The zero-order valence-electron chi connectivity index (χ0n) is 17.4. The third kappa shape index (κ3) is 5.80. The van der Waals surface area contributed by atoms with Crippen LogP contribution in [0.3, 0.4) is 0 Å². The van der Waals surface area contributed by atoms with Crippen molar-refractivity contribution in [3.8, 4) is 0 Å². The van der Waals surface area contributed by atoms with Crippen LogP contribution in [0.4, 0.5) is 11.4 Å². The highest BCUT2D eigenvalue weighted by Gasteiger charge is 2.27. The van der Waals surface area contributed by atoms with Crippen LogP contribution in [0.5, 0.6) is 0 Å². The van der Waals surface area contributed by atoms with Gasteiger partial charge in [0.05, 0.1) is 15.6 Å². The minimum Gasteiger partial charge on any atom is -0.442 e. The van der Waals surface area contributed by atoms with E-state index in [1.807, 2.05) is 6.92 Å². The summed E-state index contributed by atoms with van der Waals surface area (Å²) in [6.07, 6.45) is -0.741. The average Bonchev–Trinajstić information content (AvgIpc) is 2.80. The van der Waals surface area contributed by atoms with Gasteiger partial charge in [-0.05, 0) is 18.6 Å². The Hall–Kier alpha value is -4.05. The highest BCUT2D eigenvalue weighted by atomic mass is 35.5. The molecule has 1 heterocycles. The standard InChI is InChI=1S/C22H19ClN4O6/c1-2-12-26-19(28)11-10-18(25-26)22(30)33-20(14-6-4-3-5-7-14)21(29)24-17-9-8-15(27(31)32)13-16(17)23/h3-11,13,20H,2,12H2,1H3,(H,24,29). The number of hydrogen-bond donors (Lipinski definition) is 1. The lowest BCUT2D eigenvalue weighted by atomic mass is 10.1. The largest absolute Gasteiger partial charge is 0.442 e. The van der Waals surface area contributed by atoms with Gasteiger partial charge in [-0.15, -0.1) is 0 Å². The van der Waals surface area contributed by atoms with Crippen LogP contribution >= 0.6 is 11.6 Å². The number of benzene rings is 2. The molecule has 0 radical (unpaired) electrons. The first-order valence-electron chi connectivity index (χ1n) is 9.89. The molecule has 170 valence electrons. The SMILES string of the molecule is CCCn1nc(C(=O)OC(C(=O)Nc2ccc([N+](=O)[O-])cc2Cl)c2ccccc2)ccc1=O. The number of aryl methyl sites for hydroxylation is 1. The molecule has 0 saturated carbocycles. The van der Waals surface area contributed by atoms with Crippen molar-refractivity contribution < 1.29 is 19.2 Å². The Balaban J connectivity index is 1.87. The van der Waals surface area contributed by atoms with Crippen molar-refractivity contribution in [2.45, 2.75) is 26.0 Å². The van der Waals surface area contributed by atoms with E-state index in [9.17, 15) is 24.5 Å². The molecule has 1 amide bonds. The summed E-state index contributed by atoms with van der Waals surface area (Å²) in [6, 6.07) is 14.3. The van der Waals surface area contributed by atoms with E-state index in [2.05, 4.69) is 10.4 Å². The Morgan fingerprint density at radius 1 is 1.18 bits per heavy atom. The molecule has 33 heavy (non-hydrogen) atoms. The Bertz CT molecular complexity index is 1250. The summed E-state index contributed by atoms with van der Waals surface area (Å²) in [5.41, 5.74) is -0.247. The molecule has 0 spiro atoms. The third-order valence-corrected chi connectivity index (χ3v) is 4.81. The molecule has 0 fully saturated rings. The van der Waals surface area contributed by atoms with Gasteiger partial charge in [-0.2, -0.15) is 5.10 Å². The molecule has 0 bridgehead atoms. The first-order valence-corrected chi connectivity index (χ1v) is 10.3. The number of rotatable bonds is 8. The summed E-state index contributed by atoms with van der Waals surface area (Å²) >= 11 is 6.06. The van der Waals surface area contributed by atoms with E-state index in [4.69, 9.17) is 16.3 Å². The van der Waals surface area contributed by atoms with Crippen molar-refractivity contribution in [1.82, 2.24) is 9.78 Å². The Kier molecular flexibility index (Phi) is 7.52.